The molecule has 3 nitrogen and oxygen atoms in total. The first kappa shape index (κ1) is 16.1. The Morgan fingerprint density at radius 1 is 1.00 bits per heavy atom. The molecule has 116 valence electrons. The van der Waals surface area contributed by atoms with E-state index < -0.39 is 0 Å². The lowest BCUT2D eigenvalue weighted by Gasteiger charge is -2.24. The van der Waals surface area contributed by atoms with Crippen molar-refractivity contribution in [3.63, 3.8) is 0 Å². The fraction of sp³-hybridized carbons (Fsp3) is 0.316. The summed E-state index contributed by atoms with van der Waals surface area (Å²) >= 11 is 0. The van der Waals surface area contributed by atoms with Gasteiger partial charge in [0.15, 0.2) is 0 Å². The minimum atomic E-state index is -0.0273. The summed E-state index contributed by atoms with van der Waals surface area (Å²) in [5.74, 6) is 0.388. The smallest absolute Gasteiger partial charge is 0.251 e. The normalized spacial score (nSPS) is 12.0. The third-order valence-electron chi connectivity index (χ3n) is 3.73. The van der Waals surface area contributed by atoms with E-state index in [9.17, 15) is 4.79 Å². The highest BCUT2D eigenvalue weighted by molar-refractivity contribution is 5.94. The third-order valence-corrected chi connectivity index (χ3v) is 3.73. The summed E-state index contributed by atoms with van der Waals surface area (Å²) in [6.45, 7) is 6.91. The van der Waals surface area contributed by atoms with Crippen LogP contribution in [-0.4, -0.2) is 18.5 Å². The zero-order chi connectivity index (χ0) is 15.9. The minimum Gasteiger partial charge on any atom is -0.380 e. The molecule has 0 heterocycles. The molecule has 0 spiro atoms. The molecule has 0 fully saturated rings. The summed E-state index contributed by atoms with van der Waals surface area (Å²) in [7, 11) is 0. The molecule has 0 radical (unpaired) electrons. The Kier molecular flexibility index (Phi) is 5.59. The topological polar surface area (TPSA) is 41.1 Å². The monoisotopic (exact) mass is 296 g/mol. The lowest BCUT2D eigenvalue weighted by Crippen LogP contribution is -2.39. The van der Waals surface area contributed by atoms with E-state index >= 15 is 0 Å². The number of aryl methyl sites for hydroxylation is 1. The number of hydrogen-bond acceptors (Lipinski definition) is 2. The highest BCUT2D eigenvalue weighted by Crippen LogP contribution is 2.12. The molecule has 0 aliphatic carbocycles. The molecule has 0 aromatic heterocycles. The largest absolute Gasteiger partial charge is 0.380 e. The maximum Gasteiger partial charge on any atom is 0.251 e. The van der Waals surface area contributed by atoms with E-state index in [1.807, 2.05) is 61.5 Å². The average Bonchev–Trinajstić information content (AvgIpc) is 2.52. The molecule has 2 aromatic rings. The quantitative estimate of drug-likeness (QED) is 0.850. The predicted molar refractivity (Wildman–Crippen MR) is 92.2 cm³/mol. The van der Waals surface area contributed by atoms with E-state index in [0.717, 1.165) is 11.3 Å². The lowest BCUT2D eigenvalue weighted by molar-refractivity contribution is 0.0950. The Bertz CT molecular complexity index is 591. The van der Waals surface area contributed by atoms with Gasteiger partial charge in [-0.15, -0.1) is 0 Å². The van der Waals surface area contributed by atoms with Gasteiger partial charge in [0.25, 0.3) is 5.91 Å². The predicted octanol–water partition coefficient (Wildman–Crippen LogP) is 3.86. The maximum absolute atomic E-state index is 12.2. The molecular formula is C19H24N2O. The Morgan fingerprint density at radius 3 is 2.23 bits per heavy atom. The van der Waals surface area contributed by atoms with Gasteiger partial charge in [-0.05, 0) is 37.1 Å². The minimum absolute atomic E-state index is 0.0273. The van der Waals surface area contributed by atoms with Gasteiger partial charge in [0, 0.05) is 23.8 Å². The summed E-state index contributed by atoms with van der Waals surface area (Å²) in [6, 6.07) is 17.9. The number of carbonyl (C=O) groups excluding carboxylic acids is 1. The number of amides is 1. The van der Waals surface area contributed by atoms with Crippen molar-refractivity contribution in [3.8, 4) is 0 Å². The van der Waals surface area contributed by atoms with Crippen LogP contribution in [0.4, 0.5) is 5.69 Å². The molecule has 0 aliphatic heterocycles. The SMILES string of the molecule is Cc1ccc(C(=O)NCC(Nc2ccccc2)C(C)C)cc1. The third kappa shape index (κ3) is 4.62. The first-order valence-corrected chi connectivity index (χ1v) is 7.72. The van der Waals surface area contributed by atoms with Gasteiger partial charge >= 0.3 is 0 Å². The summed E-state index contributed by atoms with van der Waals surface area (Å²) in [5, 5.41) is 6.50. The van der Waals surface area contributed by atoms with Crippen LogP contribution in [0.15, 0.2) is 54.6 Å². The summed E-state index contributed by atoms with van der Waals surface area (Å²) in [4.78, 5) is 12.2. The van der Waals surface area contributed by atoms with Crippen molar-refractivity contribution in [2.24, 2.45) is 5.92 Å². The Morgan fingerprint density at radius 2 is 1.64 bits per heavy atom. The first-order chi connectivity index (χ1) is 10.6. The number of rotatable bonds is 6. The van der Waals surface area contributed by atoms with E-state index in [-0.39, 0.29) is 11.9 Å². The second-order valence-corrected chi connectivity index (χ2v) is 5.94. The molecule has 2 aromatic carbocycles. The fourth-order valence-electron chi connectivity index (χ4n) is 2.21. The van der Waals surface area contributed by atoms with Gasteiger partial charge in [0.05, 0.1) is 0 Å². The number of nitrogens with one attached hydrogen (secondary N) is 2. The van der Waals surface area contributed by atoms with Crippen molar-refractivity contribution in [3.05, 3.63) is 65.7 Å². The second-order valence-electron chi connectivity index (χ2n) is 5.94. The van der Waals surface area contributed by atoms with E-state index in [0.29, 0.717) is 18.0 Å². The summed E-state index contributed by atoms with van der Waals surface area (Å²) in [5.41, 5.74) is 2.93. The Labute approximate surface area is 132 Å². The van der Waals surface area contributed by atoms with Gasteiger partial charge in [-0.2, -0.15) is 0 Å². The van der Waals surface area contributed by atoms with Crippen LogP contribution < -0.4 is 10.6 Å². The molecule has 1 unspecified atom stereocenters. The molecule has 0 aliphatic rings. The van der Waals surface area contributed by atoms with Gasteiger partial charge < -0.3 is 10.6 Å². The maximum atomic E-state index is 12.2. The van der Waals surface area contributed by atoms with Crippen LogP contribution in [0.5, 0.6) is 0 Å². The molecular weight excluding hydrogens is 272 g/mol. The average molecular weight is 296 g/mol. The fourth-order valence-corrected chi connectivity index (χ4v) is 2.21. The summed E-state index contributed by atoms with van der Waals surface area (Å²) < 4.78 is 0. The van der Waals surface area contributed by atoms with Crippen molar-refractivity contribution >= 4 is 11.6 Å². The van der Waals surface area contributed by atoms with Crippen LogP contribution in [0.2, 0.25) is 0 Å². The van der Waals surface area contributed by atoms with Crippen LogP contribution in [0.1, 0.15) is 29.8 Å². The molecule has 3 heteroatoms. The second kappa shape index (κ2) is 7.64. The van der Waals surface area contributed by atoms with Crippen molar-refractivity contribution in [2.45, 2.75) is 26.8 Å². The van der Waals surface area contributed by atoms with Crippen LogP contribution in [0, 0.1) is 12.8 Å². The molecule has 0 saturated heterocycles. The van der Waals surface area contributed by atoms with Gasteiger partial charge in [0.2, 0.25) is 0 Å². The first-order valence-electron chi connectivity index (χ1n) is 7.72. The number of benzene rings is 2. The van der Waals surface area contributed by atoms with Gasteiger partial charge in [-0.1, -0.05) is 49.7 Å². The molecule has 22 heavy (non-hydrogen) atoms. The van der Waals surface area contributed by atoms with Crippen LogP contribution in [0.3, 0.4) is 0 Å². The van der Waals surface area contributed by atoms with E-state index in [1.54, 1.807) is 0 Å². The number of anilines is 1. The summed E-state index contributed by atoms with van der Waals surface area (Å²) in [6.07, 6.45) is 0. The van der Waals surface area contributed by atoms with Crippen molar-refractivity contribution in [1.29, 1.82) is 0 Å². The Hall–Kier alpha value is -2.29. The molecule has 1 atom stereocenters. The highest BCUT2D eigenvalue weighted by Gasteiger charge is 2.15. The number of hydrogen-bond donors (Lipinski definition) is 2. The van der Waals surface area contributed by atoms with Gasteiger partial charge in [-0.25, -0.2) is 0 Å². The molecule has 2 N–H and O–H groups in total. The Balaban J connectivity index is 1.94. The molecule has 0 bridgehead atoms. The lowest BCUT2D eigenvalue weighted by atomic mass is 10.0. The van der Waals surface area contributed by atoms with E-state index in [1.165, 1.54) is 0 Å². The van der Waals surface area contributed by atoms with E-state index in [4.69, 9.17) is 0 Å². The van der Waals surface area contributed by atoms with Crippen LogP contribution in [0.25, 0.3) is 0 Å². The zero-order valence-corrected chi connectivity index (χ0v) is 13.5. The van der Waals surface area contributed by atoms with Crippen LogP contribution in [-0.2, 0) is 0 Å². The standard InChI is InChI=1S/C19H24N2O/c1-14(2)18(21-17-7-5-4-6-8-17)13-20-19(22)16-11-9-15(3)10-12-16/h4-12,14,18,21H,13H2,1-3H3,(H,20,22). The number of para-hydroxylation sites is 1. The van der Waals surface area contributed by atoms with E-state index in [2.05, 4.69) is 24.5 Å². The van der Waals surface area contributed by atoms with Crippen molar-refractivity contribution in [2.75, 3.05) is 11.9 Å². The van der Waals surface area contributed by atoms with Gasteiger partial charge in [-0.3, -0.25) is 4.79 Å². The van der Waals surface area contributed by atoms with Crippen molar-refractivity contribution in [1.82, 2.24) is 5.32 Å². The number of carbonyl (C=O) groups is 1. The van der Waals surface area contributed by atoms with Crippen molar-refractivity contribution < 1.29 is 4.79 Å². The molecule has 1 amide bonds. The molecule has 0 saturated carbocycles. The van der Waals surface area contributed by atoms with Gasteiger partial charge in [0.1, 0.15) is 0 Å². The molecule has 2 rings (SSSR count). The van der Waals surface area contributed by atoms with Crippen LogP contribution >= 0.6 is 0 Å². The zero-order valence-electron chi connectivity index (χ0n) is 13.5. The highest BCUT2D eigenvalue weighted by atomic mass is 16.1.